The standard InChI is InChI=1S/C24H27NO4S/c1-4-5-10-29-23-13-21(30(3,27)28)12-22(19-8-6-17(2)7-9-19)24(23)20-11-18(16-26)14-25-15-20/h6-9,11-15,26H,4-5,10,16H2,1-3H3. The van der Waals surface area contributed by atoms with Gasteiger partial charge in [0, 0.05) is 29.8 Å². The normalized spacial score (nSPS) is 11.5. The van der Waals surface area contributed by atoms with Crippen LogP contribution in [0, 0.1) is 6.92 Å². The zero-order valence-electron chi connectivity index (χ0n) is 17.6. The van der Waals surface area contributed by atoms with Crippen LogP contribution in [0.25, 0.3) is 22.3 Å². The Kier molecular flexibility index (Phi) is 6.90. The fourth-order valence-electron chi connectivity index (χ4n) is 3.21. The maximum Gasteiger partial charge on any atom is 0.175 e. The Morgan fingerprint density at radius 3 is 2.40 bits per heavy atom. The summed E-state index contributed by atoms with van der Waals surface area (Å²) in [5, 5.41) is 9.57. The smallest absolute Gasteiger partial charge is 0.175 e. The van der Waals surface area contributed by atoms with Gasteiger partial charge in [-0.1, -0.05) is 43.2 Å². The maximum absolute atomic E-state index is 12.4. The highest BCUT2D eigenvalue weighted by Crippen LogP contribution is 2.41. The first-order chi connectivity index (χ1) is 14.3. The Bertz CT molecular complexity index is 1120. The molecule has 5 nitrogen and oxygen atoms in total. The Morgan fingerprint density at radius 2 is 1.77 bits per heavy atom. The number of nitrogens with zero attached hydrogens (tertiary/aromatic N) is 1. The first-order valence-corrected chi connectivity index (χ1v) is 11.9. The first-order valence-electron chi connectivity index (χ1n) is 9.96. The minimum atomic E-state index is -3.44. The van der Waals surface area contributed by atoms with Gasteiger partial charge in [0.05, 0.1) is 18.1 Å². The van der Waals surface area contributed by atoms with E-state index in [1.54, 1.807) is 24.5 Å². The van der Waals surface area contributed by atoms with Crippen molar-refractivity contribution in [3.63, 3.8) is 0 Å². The van der Waals surface area contributed by atoms with Gasteiger partial charge in [-0.3, -0.25) is 4.98 Å². The van der Waals surface area contributed by atoms with Crippen LogP contribution < -0.4 is 4.74 Å². The minimum absolute atomic E-state index is 0.131. The van der Waals surface area contributed by atoms with Crippen LogP contribution >= 0.6 is 0 Å². The van der Waals surface area contributed by atoms with Crippen LogP contribution in [-0.2, 0) is 16.4 Å². The van der Waals surface area contributed by atoms with E-state index >= 15 is 0 Å². The van der Waals surface area contributed by atoms with E-state index < -0.39 is 9.84 Å². The number of aromatic nitrogens is 1. The summed E-state index contributed by atoms with van der Waals surface area (Å²) in [5.41, 5.74) is 4.96. The van der Waals surface area contributed by atoms with Gasteiger partial charge in [-0.05, 0) is 48.2 Å². The summed E-state index contributed by atoms with van der Waals surface area (Å²) in [4.78, 5) is 4.46. The van der Waals surface area contributed by atoms with E-state index in [2.05, 4.69) is 11.9 Å². The lowest BCUT2D eigenvalue weighted by molar-refractivity contribution is 0.281. The molecule has 1 aromatic heterocycles. The van der Waals surface area contributed by atoms with Crippen LogP contribution in [0.3, 0.4) is 0 Å². The predicted octanol–water partition coefficient (Wildman–Crippen LogP) is 4.80. The average molecular weight is 426 g/mol. The molecule has 158 valence electrons. The van der Waals surface area contributed by atoms with Crippen LogP contribution in [0.4, 0.5) is 0 Å². The molecule has 0 amide bonds. The average Bonchev–Trinajstić information content (AvgIpc) is 2.73. The summed E-state index contributed by atoms with van der Waals surface area (Å²) in [6, 6.07) is 13.1. The molecule has 6 heteroatoms. The summed E-state index contributed by atoms with van der Waals surface area (Å²) >= 11 is 0. The quantitative estimate of drug-likeness (QED) is 0.525. The number of hydrogen-bond donors (Lipinski definition) is 1. The molecule has 0 spiro atoms. The third-order valence-electron chi connectivity index (χ3n) is 4.89. The van der Waals surface area contributed by atoms with Gasteiger partial charge in [0.15, 0.2) is 9.84 Å². The largest absolute Gasteiger partial charge is 0.493 e. The number of hydrogen-bond acceptors (Lipinski definition) is 5. The third kappa shape index (κ3) is 5.07. The highest BCUT2D eigenvalue weighted by Gasteiger charge is 2.20. The highest BCUT2D eigenvalue weighted by molar-refractivity contribution is 7.90. The molecule has 3 aromatic rings. The number of pyridine rings is 1. The molecule has 0 bridgehead atoms. The van der Waals surface area contributed by atoms with E-state index in [4.69, 9.17) is 4.74 Å². The van der Waals surface area contributed by atoms with Gasteiger partial charge in [0.1, 0.15) is 5.75 Å². The molecule has 0 atom stereocenters. The van der Waals surface area contributed by atoms with Gasteiger partial charge in [-0.25, -0.2) is 8.42 Å². The van der Waals surface area contributed by atoms with Crippen LogP contribution in [0.2, 0.25) is 0 Å². The molecule has 3 rings (SSSR count). The van der Waals surface area contributed by atoms with Gasteiger partial charge in [-0.15, -0.1) is 0 Å². The summed E-state index contributed by atoms with van der Waals surface area (Å²) < 4.78 is 30.9. The lowest BCUT2D eigenvalue weighted by Crippen LogP contribution is -2.04. The van der Waals surface area contributed by atoms with Gasteiger partial charge in [-0.2, -0.15) is 0 Å². The van der Waals surface area contributed by atoms with Crippen LogP contribution in [0.1, 0.15) is 30.9 Å². The third-order valence-corrected chi connectivity index (χ3v) is 5.98. The van der Waals surface area contributed by atoms with Crippen molar-refractivity contribution in [2.24, 2.45) is 0 Å². The molecule has 0 saturated carbocycles. The monoisotopic (exact) mass is 425 g/mol. The predicted molar refractivity (Wildman–Crippen MR) is 119 cm³/mol. The number of aryl methyl sites for hydroxylation is 1. The molecule has 0 aliphatic carbocycles. The summed E-state index contributed by atoms with van der Waals surface area (Å²) in [7, 11) is -3.44. The Hall–Kier alpha value is -2.70. The molecule has 1 heterocycles. The zero-order chi connectivity index (χ0) is 21.7. The van der Waals surface area contributed by atoms with Crippen LogP contribution in [0.15, 0.2) is 59.8 Å². The second-order valence-corrected chi connectivity index (χ2v) is 9.44. The van der Waals surface area contributed by atoms with E-state index in [1.807, 2.05) is 37.3 Å². The lowest BCUT2D eigenvalue weighted by Gasteiger charge is -2.18. The van der Waals surface area contributed by atoms with Gasteiger partial charge >= 0.3 is 0 Å². The molecule has 0 radical (unpaired) electrons. The molecule has 0 saturated heterocycles. The van der Waals surface area contributed by atoms with Crippen molar-refractivity contribution in [2.75, 3.05) is 12.9 Å². The molecule has 0 fully saturated rings. The van der Waals surface area contributed by atoms with Crippen molar-refractivity contribution < 1.29 is 18.3 Å². The van der Waals surface area contributed by atoms with Crippen molar-refractivity contribution >= 4 is 9.84 Å². The van der Waals surface area contributed by atoms with Gasteiger partial charge in [0.25, 0.3) is 0 Å². The number of unbranched alkanes of at least 4 members (excludes halogenated alkanes) is 1. The SMILES string of the molecule is CCCCOc1cc(S(C)(=O)=O)cc(-c2ccc(C)cc2)c1-c1cncc(CO)c1. The first kappa shape index (κ1) is 22.0. The second-order valence-electron chi connectivity index (χ2n) is 7.42. The Morgan fingerprint density at radius 1 is 1.03 bits per heavy atom. The van der Waals surface area contributed by atoms with Crippen molar-refractivity contribution in [2.45, 2.75) is 38.2 Å². The van der Waals surface area contributed by atoms with E-state index in [0.717, 1.165) is 40.7 Å². The number of aliphatic hydroxyl groups is 1. The highest BCUT2D eigenvalue weighted by atomic mass is 32.2. The molecule has 0 unspecified atom stereocenters. The van der Waals surface area contributed by atoms with Crippen LogP contribution in [0.5, 0.6) is 5.75 Å². The molecule has 30 heavy (non-hydrogen) atoms. The fourth-order valence-corrected chi connectivity index (χ4v) is 3.87. The minimum Gasteiger partial charge on any atom is -0.493 e. The van der Waals surface area contributed by atoms with Crippen LogP contribution in [-0.4, -0.2) is 31.4 Å². The van der Waals surface area contributed by atoms with Gasteiger partial charge < -0.3 is 9.84 Å². The molecule has 1 N–H and O–H groups in total. The van der Waals surface area contributed by atoms with Gasteiger partial charge in [0.2, 0.25) is 0 Å². The van der Waals surface area contributed by atoms with Crippen molar-refractivity contribution in [3.05, 3.63) is 66.0 Å². The number of aliphatic hydroxyl groups excluding tert-OH is 1. The number of sulfone groups is 1. The van der Waals surface area contributed by atoms with Crippen molar-refractivity contribution in [3.8, 4) is 28.0 Å². The van der Waals surface area contributed by atoms with E-state index in [-0.39, 0.29) is 11.5 Å². The van der Waals surface area contributed by atoms with E-state index in [1.165, 1.54) is 6.26 Å². The Labute approximate surface area is 178 Å². The molecule has 0 aliphatic heterocycles. The maximum atomic E-state index is 12.4. The molecule has 2 aromatic carbocycles. The lowest BCUT2D eigenvalue weighted by atomic mass is 9.93. The molecule has 0 aliphatic rings. The molecular formula is C24H27NO4S. The second kappa shape index (κ2) is 9.41. The summed E-state index contributed by atoms with van der Waals surface area (Å²) in [6.45, 7) is 4.43. The topological polar surface area (TPSA) is 76.5 Å². The van der Waals surface area contributed by atoms with Crippen molar-refractivity contribution in [1.82, 2.24) is 4.98 Å². The van der Waals surface area contributed by atoms with E-state index in [9.17, 15) is 13.5 Å². The Balaban J connectivity index is 2.32. The zero-order valence-corrected chi connectivity index (χ0v) is 18.4. The molecular weight excluding hydrogens is 398 g/mol. The number of benzene rings is 2. The number of rotatable bonds is 8. The fraction of sp³-hybridized carbons (Fsp3) is 0.292. The van der Waals surface area contributed by atoms with Crippen molar-refractivity contribution in [1.29, 1.82) is 0 Å². The summed E-state index contributed by atoms with van der Waals surface area (Å²) in [6.07, 6.45) is 6.34. The van der Waals surface area contributed by atoms with E-state index in [0.29, 0.717) is 17.9 Å². The summed E-state index contributed by atoms with van der Waals surface area (Å²) in [5.74, 6) is 0.499. The number of ether oxygens (including phenoxy) is 1.